The van der Waals surface area contributed by atoms with Gasteiger partial charge in [-0.15, -0.1) is 0 Å². The Morgan fingerprint density at radius 3 is 2.57 bits per heavy atom. The van der Waals surface area contributed by atoms with E-state index >= 15 is 0 Å². The molecule has 1 fully saturated rings. The van der Waals surface area contributed by atoms with Crippen molar-refractivity contribution in [3.8, 4) is 0 Å². The van der Waals surface area contributed by atoms with Gasteiger partial charge in [0.15, 0.2) is 4.32 Å². The number of hydrogen-bond acceptors (Lipinski definition) is 4. The van der Waals surface area contributed by atoms with Crippen LogP contribution in [-0.4, -0.2) is 22.3 Å². The molecule has 2 heterocycles. The second-order valence-corrected chi connectivity index (χ2v) is 10.1. The number of amides is 1. The van der Waals surface area contributed by atoms with E-state index in [0.717, 1.165) is 29.0 Å². The highest BCUT2D eigenvalue weighted by atomic mass is 35.5. The molecule has 0 spiro atoms. The molecule has 1 amide bonds. The molecule has 0 bridgehead atoms. The predicted octanol–water partition coefficient (Wildman–Crippen LogP) is 6.77. The van der Waals surface area contributed by atoms with Gasteiger partial charge in [0.1, 0.15) is 0 Å². The van der Waals surface area contributed by atoms with Crippen molar-refractivity contribution in [1.29, 1.82) is 0 Å². The van der Waals surface area contributed by atoms with E-state index in [9.17, 15) is 4.79 Å². The second kappa shape index (κ2) is 7.88. The molecule has 6 heteroatoms. The second-order valence-electron chi connectivity index (χ2n) is 7.97. The number of thioether (sulfide) groups is 1. The normalized spacial score (nSPS) is 19.4. The molecule has 0 aromatic heterocycles. The lowest BCUT2D eigenvalue weighted by Crippen LogP contribution is -2.44. The molecule has 0 aliphatic carbocycles. The lowest BCUT2D eigenvalue weighted by Gasteiger charge is -2.43. The minimum absolute atomic E-state index is 0.0746. The van der Waals surface area contributed by atoms with E-state index in [-0.39, 0.29) is 11.4 Å². The Morgan fingerprint density at radius 1 is 1.20 bits per heavy atom. The molecular formula is C24H23ClN2OS2. The summed E-state index contributed by atoms with van der Waals surface area (Å²) in [4.78, 5) is 17.6. The van der Waals surface area contributed by atoms with Gasteiger partial charge in [-0.3, -0.25) is 9.69 Å². The van der Waals surface area contributed by atoms with Crippen LogP contribution in [0.5, 0.6) is 0 Å². The van der Waals surface area contributed by atoms with Crippen molar-refractivity contribution in [2.24, 2.45) is 0 Å². The van der Waals surface area contributed by atoms with Gasteiger partial charge < -0.3 is 4.90 Å². The van der Waals surface area contributed by atoms with Crippen molar-refractivity contribution in [2.45, 2.75) is 33.2 Å². The number of para-hydroxylation sites is 1. The highest BCUT2D eigenvalue weighted by molar-refractivity contribution is 8.27. The average Bonchev–Trinajstić information content (AvgIpc) is 2.96. The Bertz CT molecular complexity index is 1110. The Labute approximate surface area is 192 Å². The van der Waals surface area contributed by atoms with Gasteiger partial charge in [-0.1, -0.05) is 59.9 Å². The van der Waals surface area contributed by atoms with E-state index < -0.39 is 0 Å². The molecule has 0 saturated carbocycles. The van der Waals surface area contributed by atoms with E-state index in [2.05, 4.69) is 44.7 Å². The first-order valence-corrected chi connectivity index (χ1v) is 11.5. The third-order valence-electron chi connectivity index (χ3n) is 5.51. The van der Waals surface area contributed by atoms with Crippen LogP contribution in [0.1, 0.15) is 38.8 Å². The number of thiocarbonyl (C=S) groups is 1. The van der Waals surface area contributed by atoms with Gasteiger partial charge in [-0.25, -0.2) is 0 Å². The van der Waals surface area contributed by atoms with Crippen LogP contribution < -0.4 is 9.80 Å². The Balaban J connectivity index is 1.75. The lowest BCUT2D eigenvalue weighted by atomic mass is 9.88. The van der Waals surface area contributed by atoms with Gasteiger partial charge in [0.05, 0.1) is 16.1 Å². The van der Waals surface area contributed by atoms with Gasteiger partial charge in [-0.05, 0) is 69.2 Å². The molecule has 1 saturated heterocycles. The minimum atomic E-state index is -0.117. The molecule has 2 aromatic carbocycles. The zero-order valence-corrected chi connectivity index (χ0v) is 19.8. The lowest BCUT2D eigenvalue weighted by molar-refractivity contribution is -0.113. The Kier molecular flexibility index (Phi) is 5.56. The van der Waals surface area contributed by atoms with Crippen LogP contribution in [0, 0.1) is 0 Å². The molecule has 0 radical (unpaired) electrons. The number of benzene rings is 2. The summed E-state index contributed by atoms with van der Waals surface area (Å²) in [6.45, 7) is 9.57. The third-order valence-corrected chi connectivity index (χ3v) is 7.14. The summed E-state index contributed by atoms with van der Waals surface area (Å²) in [6.07, 6.45) is 4.14. The maximum atomic E-state index is 13.1. The number of allylic oxidation sites excluding steroid dienone is 1. The van der Waals surface area contributed by atoms with Gasteiger partial charge in [0, 0.05) is 22.8 Å². The molecule has 3 nitrogen and oxygen atoms in total. The van der Waals surface area contributed by atoms with Crippen LogP contribution >= 0.6 is 35.6 Å². The number of carbonyl (C=O) groups excluding carboxylic acids is 1. The zero-order chi connectivity index (χ0) is 21.6. The van der Waals surface area contributed by atoms with Gasteiger partial charge in [-0.2, -0.15) is 0 Å². The first kappa shape index (κ1) is 21.2. The largest absolute Gasteiger partial charge is 0.363 e. The summed E-state index contributed by atoms with van der Waals surface area (Å²) < 4.78 is 0.529. The number of likely N-dealkylation sites (N-methyl/N-ethyl adjacent to an activating group) is 1. The fraction of sp³-hybridized carbons (Fsp3) is 0.250. The van der Waals surface area contributed by atoms with E-state index in [4.69, 9.17) is 23.8 Å². The van der Waals surface area contributed by atoms with E-state index in [1.165, 1.54) is 17.3 Å². The first-order valence-electron chi connectivity index (χ1n) is 9.87. The van der Waals surface area contributed by atoms with Crippen LogP contribution in [0.15, 0.2) is 53.4 Å². The quantitative estimate of drug-likeness (QED) is 0.377. The number of hydrogen-bond donors (Lipinski definition) is 0. The fourth-order valence-corrected chi connectivity index (χ4v) is 5.71. The monoisotopic (exact) mass is 454 g/mol. The smallest absolute Gasteiger partial charge is 0.270 e. The number of rotatable bonds is 3. The maximum Gasteiger partial charge on any atom is 0.270 e. The van der Waals surface area contributed by atoms with E-state index in [0.29, 0.717) is 14.2 Å². The molecule has 0 atom stereocenters. The summed E-state index contributed by atoms with van der Waals surface area (Å²) in [6, 6.07) is 13.6. The maximum absolute atomic E-state index is 13.1. The van der Waals surface area contributed by atoms with Crippen LogP contribution in [0.4, 0.5) is 11.4 Å². The predicted molar refractivity (Wildman–Crippen MR) is 134 cm³/mol. The molecule has 0 N–H and O–H groups in total. The Hall–Kier alpha value is -2.08. The molecule has 2 aromatic rings. The molecular weight excluding hydrogens is 432 g/mol. The highest BCUT2D eigenvalue weighted by Crippen LogP contribution is 2.43. The summed E-state index contributed by atoms with van der Waals surface area (Å²) in [7, 11) is 0. The zero-order valence-electron chi connectivity index (χ0n) is 17.4. The van der Waals surface area contributed by atoms with Crippen LogP contribution in [0.25, 0.3) is 11.6 Å². The fourth-order valence-electron chi connectivity index (χ4n) is 4.21. The summed E-state index contributed by atoms with van der Waals surface area (Å²) in [5, 5.41) is 0.627. The van der Waals surface area contributed by atoms with Crippen molar-refractivity contribution in [3.05, 3.63) is 69.6 Å². The summed E-state index contributed by atoms with van der Waals surface area (Å²) in [5.41, 5.74) is 5.01. The molecule has 4 rings (SSSR count). The molecule has 154 valence electrons. The van der Waals surface area contributed by atoms with E-state index in [1.54, 1.807) is 4.90 Å². The number of nitrogens with zero attached hydrogens (tertiary/aromatic N) is 2. The molecule has 2 aliphatic heterocycles. The number of anilines is 2. The third kappa shape index (κ3) is 3.59. The van der Waals surface area contributed by atoms with Crippen LogP contribution in [-0.2, 0) is 4.79 Å². The molecule has 30 heavy (non-hydrogen) atoms. The number of carbonyl (C=O) groups is 1. The first-order chi connectivity index (χ1) is 14.2. The molecule has 0 unspecified atom stereocenters. The average molecular weight is 455 g/mol. The van der Waals surface area contributed by atoms with Crippen molar-refractivity contribution >= 4 is 68.8 Å². The van der Waals surface area contributed by atoms with Gasteiger partial charge in [0.25, 0.3) is 5.91 Å². The number of fused-ring (bicyclic) bond motifs is 1. The van der Waals surface area contributed by atoms with Crippen molar-refractivity contribution in [1.82, 2.24) is 0 Å². The van der Waals surface area contributed by atoms with Gasteiger partial charge >= 0.3 is 0 Å². The summed E-state index contributed by atoms with van der Waals surface area (Å²) in [5.74, 6) is -0.117. The van der Waals surface area contributed by atoms with Gasteiger partial charge in [0.2, 0.25) is 0 Å². The van der Waals surface area contributed by atoms with Crippen molar-refractivity contribution in [2.75, 3.05) is 16.3 Å². The topological polar surface area (TPSA) is 23.6 Å². The van der Waals surface area contributed by atoms with E-state index in [1.807, 2.05) is 42.5 Å². The SMILES string of the molecule is CCN1c2cc(Cl)c(/C=C3/SC(=S)N(c4ccccc4)C3=O)cc2C(C)=CC1(C)C. The minimum Gasteiger partial charge on any atom is -0.363 e. The van der Waals surface area contributed by atoms with Crippen molar-refractivity contribution in [3.63, 3.8) is 0 Å². The number of halogens is 1. The van der Waals surface area contributed by atoms with Crippen LogP contribution in [0.3, 0.4) is 0 Å². The Morgan fingerprint density at radius 2 is 1.90 bits per heavy atom. The molecule has 2 aliphatic rings. The summed E-state index contributed by atoms with van der Waals surface area (Å²) >= 11 is 13.5. The van der Waals surface area contributed by atoms with Crippen molar-refractivity contribution < 1.29 is 4.79 Å². The standard InChI is InChI=1S/C24H23ClN2OS2/c1-5-26-20-13-19(25)16(11-18(20)15(2)14-24(26,3)4)12-21-22(28)27(23(29)30-21)17-9-7-6-8-10-17/h6-14H,5H2,1-4H3/b21-12+. The van der Waals surface area contributed by atoms with Crippen LogP contribution in [0.2, 0.25) is 5.02 Å². The highest BCUT2D eigenvalue weighted by Gasteiger charge is 2.34.